The molecule has 0 spiro atoms. The van der Waals surface area contributed by atoms with Crippen molar-refractivity contribution in [3.63, 3.8) is 0 Å². The fraction of sp³-hybridized carbons (Fsp3) is 0.478. The first-order chi connectivity index (χ1) is 16.1. The summed E-state index contributed by atoms with van der Waals surface area (Å²) >= 11 is 5.96. The van der Waals surface area contributed by atoms with Crippen molar-refractivity contribution in [3.8, 4) is 0 Å². The SMILES string of the molecule is O=C(C1CC(=O)N(c2ccc(Cl)cc2)C1)N1CCN(c2cc(N3CCOCC3)cnn2)CC1. The third kappa shape index (κ3) is 4.74. The number of carbonyl (C=O) groups is 2. The van der Waals surface area contributed by atoms with Gasteiger partial charge in [-0.15, -0.1) is 5.10 Å². The lowest BCUT2D eigenvalue weighted by atomic mass is 10.1. The summed E-state index contributed by atoms with van der Waals surface area (Å²) in [6, 6.07) is 9.22. The van der Waals surface area contributed by atoms with E-state index in [1.807, 2.05) is 17.0 Å². The average Bonchev–Trinajstić information content (AvgIpc) is 3.26. The number of benzene rings is 1. The summed E-state index contributed by atoms with van der Waals surface area (Å²) in [5, 5.41) is 9.14. The fourth-order valence-electron chi connectivity index (χ4n) is 4.65. The molecule has 4 heterocycles. The number of hydrogen-bond donors (Lipinski definition) is 0. The summed E-state index contributed by atoms with van der Waals surface area (Å²) < 4.78 is 5.43. The van der Waals surface area contributed by atoms with Crippen LogP contribution in [0.15, 0.2) is 36.5 Å². The van der Waals surface area contributed by atoms with Crippen LogP contribution in [-0.2, 0) is 14.3 Å². The van der Waals surface area contributed by atoms with E-state index in [4.69, 9.17) is 16.3 Å². The van der Waals surface area contributed by atoms with Crippen molar-refractivity contribution in [2.45, 2.75) is 6.42 Å². The van der Waals surface area contributed by atoms with Crippen LogP contribution < -0.4 is 14.7 Å². The van der Waals surface area contributed by atoms with E-state index in [9.17, 15) is 9.59 Å². The summed E-state index contributed by atoms with van der Waals surface area (Å²) in [6.45, 7) is 6.13. The van der Waals surface area contributed by atoms with Crippen molar-refractivity contribution in [1.82, 2.24) is 15.1 Å². The Bertz CT molecular complexity index is 1010. The second kappa shape index (κ2) is 9.52. The van der Waals surface area contributed by atoms with Gasteiger partial charge in [-0.25, -0.2) is 0 Å². The standard InChI is InChI=1S/C23H27ClN6O3/c24-18-1-3-19(4-2-18)30-16-17(13-22(30)31)23(32)29-7-5-28(6-8-29)21-14-20(15-25-26-21)27-9-11-33-12-10-27/h1-4,14-15,17H,5-13,16H2. The van der Waals surface area contributed by atoms with E-state index in [0.29, 0.717) is 37.7 Å². The maximum Gasteiger partial charge on any atom is 0.228 e. The second-order valence-corrected chi connectivity index (χ2v) is 9.00. The number of morpholine rings is 1. The van der Waals surface area contributed by atoms with Crippen LogP contribution in [0.2, 0.25) is 5.02 Å². The Morgan fingerprint density at radius 2 is 1.70 bits per heavy atom. The molecule has 174 valence electrons. The molecule has 2 amide bonds. The molecule has 1 atom stereocenters. The summed E-state index contributed by atoms with van der Waals surface area (Å²) in [5.74, 6) is 0.539. The fourth-order valence-corrected chi connectivity index (χ4v) is 4.78. The van der Waals surface area contributed by atoms with Gasteiger partial charge in [-0.3, -0.25) is 9.59 Å². The molecule has 3 aliphatic heterocycles. The first kappa shape index (κ1) is 21.9. The summed E-state index contributed by atoms with van der Waals surface area (Å²) in [4.78, 5) is 33.7. The van der Waals surface area contributed by atoms with E-state index in [2.05, 4.69) is 26.1 Å². The predicted octanol–water partition coefficient (Wildman–Crippen LogP) is 1.67. The zero-order chi connectivity index (χ0) is 22.8. The van der Waals surface area contributed by atoms with Gasteiger partial charge in [-0.2, -0.15) is 5.10 Å². The minimum atomic E-state index is -0.316. The maximum atomic E-state index is 13.1. The van der Waals surface area contributed by atoms with Crippen molar-refractivity contribution in [2.75, 3.05) is 73.7 Å². The molecule has 1 aromatic heterocycles. The van der Waals surface area contributed by atoms with Crippen LogP contribution in [-0.4, -0.2) is 85.9 Å². The highest BCUT2D eigenvalue weighted by molar-refractivity contribution is 6.30. The lowest BCUT2D eigenvalue weighted by molar-refractivity contribution is -0.136. The molecule has 3 aliphatic rings. The van der Waals surface area contributed by atoms with E-state index in [1.165, 1.54) is 0 Å². The van der Waals surface area contributed by atoms with E-state index in [-0.39, 0.29) is 24.2 Å². The quantitative estimate of drug-likeness (QED) is 0.672. The highest BCUT2D eigenvalue weighted by atomic mass is 35.5. The van der Waals surface area contributed by atoms with E-state index >= 15 is 0 Å². The van der Waals surface area contributed by atoms with Gasteiger partial charge in [0.15, 0.2) is 5.82 Å². The molecule has 1 unspecified atom stereocenters. The normalized spacial score (nSPS) is 21.6. The van der Waals surface area contributed by atoms with Crippen LogP contribution in [0.5, 0.6) is 0 Å². The molecular formula is C23H27ClN6O3. The van der Waals surface area contributed by atoms with Gasteiger partial charge < -0.3 is 24.3 Å². The Morgan fingerprint density at radius 3 is 2.42 bits per heavy atom. The van der Waals surface area contributed by atoms with E-state index in [1.54, 1.807) is 23.2 Å². The van der Waals surface area contributed by atoms with Crippen molar-refractivity contribution in [1.29, 1.82) is 0 Å². The molecule has 1 aromatic carbocycles. The number of ether oxygens (including phenoxy) is 1. The number of halogens is 1. The van der Waals surface area contributed by atoms with Gasteiger partial charge >= 0.3 is 0 Å². The van der Waals surface area contributed by atoms with Gasteiger partial charge in [0.1, 0.15) is 0 Å². The van der Waals surface area contributed by atoms with E-state index < -0.39 is 0 Å². The van der Waals surface area contributed by atoms with Gasteiger partial charge in [0.2, 0.25) is 11.8 Å². The van der Waals surface area contributed by atoms with Crippen molar-refractivity contribution in [3.05, 3.63) is 41.6 Å². The predicted molar refractivity (Wildman–Crippen MR) is 126 cm³/mol. The molecule has 0 radical (unpaired) electrons. The Kier molecular flexibility index (Phi) is 6.32. The zero-order valence-corrected chi connectivity index (χ0v) is 19.2. The second-order valence-electron chi connectivity index (χ2n) is 8.57. The monoisotopic (exact) mass is 470 g/mol. The van der Waals surface area contributed by atoms with Crippen LogP contribution >= 0.6 is 11.6 Å². The van der Waals surface area contributed by atoms with Crippen LogP contribution in [0.1, 0.15) is 6.42 Å². The van der Waals surface area contributed by atoms with Crippen molar-refractivity contribution in [2.24, 2.45) is 5.92 Å². The average molecular weight is 471 g/mol. The van der Waals surface area contributed by atoms with Crippen LogP contribution in [0.25, 0.3) is 0 Å². The maximum absolute atomic E-state index is 13.1. The molecule has 3 fully saturated rings. The smallest absolute Gasteiger partial charge is 0.228 e. The molecule has 0 saturated carbocycles. The van der Waals surface area contributed by atoms with Gasteiger partial charge in [0.25, 0.3) is 0 Å². The van der Waals surface area contributed by atoms with Gasteiger partial charge in [-0.05, 0) is 24.3 Å². The number of nitrogens with zero attached hydrogens (tertiary/aromatic N) is 6. The van der Waals surface area contributed by atoms with Crippen molar-refractivity contribution < 1.29 is 14.3 Å². The molecule has 0 bridgehead atoms. The zero-order valence-electron chi connectivity index (χ0n) is 18.4. The molecule has 9 nitrogen and oxygen atoms in total. The third-order valence-electron chi connectivity index (χ3n) is 6.53. The number of hydrogen-bond acceptors (Lipinski definition) is 7. The molecule has 3 saturated heterocycles. The lowest BCUT2D eigenvalue weighted by Crippen LogP contribution is -2.51. The van der Waals surface area contributed by atoms with Crippen molar-refractivity contribution >= 4 is 40.6 Å². The molecular weight excluding hydrogens is 444 g/mol. The lowest BCUT2D eigenvalue weighted by Gasteiger charge is -2.36. The number of amides is 2. The highest BCUT2D eigenvalue weighted by Crippen LogP contribution is 2.28. The first-order valence-electron chi connectivity index (χ1n) is 11.3. The largest absolute Gasteiger partial charge is 0.378 e. The number of aromatic nitrogens is 2. The molecule has 5 rings (SSSR count). The summed E-state index contributed by atoms with van der Waals surface area (Å²) in [7, 11) is 0. The Morgan fingerprint density at radius 1 is 0.970 bits per heavy atom. The van der Waals surface area contributed by atoms with Gasteiger partial charge in [0, 0.05) is 69.0 Å². The number of rotatable bonds is 4. The number of piperazine rings is 1. The Labute approximate surface area is 197 Å². The van der Waals surface area contributed by atoms with Crippen LogP contribution in [0, 0.1) is 5.92 Å². The van der Waals surface area contributed by atoms with Crippen LogP contribution in [0.3, 0.4) is 0 Å². The van der Waals surface area contributed by atoms with E-state index in [0.717, 1.165) is 43.5 Å². The Hall–Kier alpha value is -2.91. The third-order valence-corrected chi connectivity index (χ3v) is 6.78. The number of carbonyl (C=O) groups excluding carboxylic acids is 2. The first-order valence-corrected chi connectivity index (χ1v) is 11.7. The summed E-state index contributed by atoms with van der Waals surface area (Å²) in [6.07, 6.45) is 2.03. The molecule has 2 aromatic rings. The van der Waals surface area contributed by atoms with Gasteiger partial charge in [0.05, 0.1) is 31.0 Å². The molecule has 33 heavy (non-hydrogen) atoms. The highest BCUT2D eigenvalue weighted by Gasteiger charge is 2.38. The molecule has 0 N–H and O–H groups in total. The number of anilines is 3. The molecule has 0 aliphatic carbocycles. The minimum absolute atomic E-state index is 0.0236. The topological polar surface area (TPSA) is 82.1 Å². The molecule has 10 heteroatoms. The summed E-state index contributed by atoms with van der Waals surface area (Å²) in [5.41, 5.74) is 1.83. The van der Waals surface area contributed by atoms with Gasteiger partial charge in [-0.1, -0.05) is 11.6 Å². The van der Waals surface area contributed by atoms with Crippen LogP contribution in [0.4, 0.5) is 17.2 Å². The minimum Gasteiger partial charge on any atom is -0.378 e. The Balaban J connectivity index is 1.18.